The maximum absolute atomic E-state index is 4.21. The van der Waals surface area contributed by atoms with Crippen molar-refractivity contribution in [2.24, 2.45) is 5.92 Å². The van der Waals surface area contributed by atoms with Crippen LogP contribution in [0.15, 0.2) is 6.20 Å². The molecule has 1 aromatic heterocycles. The predicted molar refractivity (Wildman–Crippen MR) is 81.2 cm³/mol. The molecule has 0 bridgehead atoms. The zero-order valence-corrected chi connectivity index (χ0v) is 13.1. The molecule has 1 rings (SSSR count). The fourth-order valence-corrected chi connectivity index (χ4v) is 2.38. The van der Waals surface area contributed by atoms with E-state index in [0.717, 1.165) is 18.9 Å². The van der Waals surface area contributed by atoms with Crippen LogP contribution in [0.1, 0.15) is 77.8 Å². The standard InChI is InChI=1S/C16H31N3/c1-4-5-6-10-13-19-16(14-17-18-19)12-9-7-8-11-15(2)3/h14-15H,4-13H2,1-3H3. The first-order valence-electron chi connectivity index (χ1n) is 8.11. The molecule has 0 aromatic carbocycles. The van der Waals surface area contributed by atoms with E-state index in [1.54, 1.807) is 0 Å². The zero-order chi connectivity index (χ0) is 13.9. The smallest absolute Gasteiger partial charge is 0.0725 e. The zero-order valence-electron chi connectivity index (χ0n) is 13.1. The highest BCUT2D eigenvalue weighted by atomic mass is 15.4. The van der Waals surface area contributed by atoms with Crippen molar-refractivity contribution in [3.8, 4) is 0 Å². The number of hydrogen-bond acceptors (Lipinski definition) is 2. The summed E-state index contributed by atoms with van der Waals surface area (Å²) < 4.78 is 2.11. The van der Waals surface area contributed by atoms with Crippen molar-refractivity contribution in [2.45, 2.75) is 85.1 Å². The van der Waals surface area contributed by atoms with Crippen molar-refractivity contribution in [3.05, 3.63) is 11.9 Å². The van der Waals surface area contributed by atoms with Gasteiger partial charge in [0.25, 0.3) is 0 Å². The third-order valence-corrected chi connectivity index (χ3v) is 3.64. The highest BCUT2D eigenvalue weighted by molar-refractivity contribution is 4.93. The summed E-state index contributed by atoms with van der Waals surface area (Å²) in [7, 11) is 0. The Morgan fingerprint density at radius 1 is 1.05 bits per heavy atom. The molecule has 0 atom stereocenters. The number of aromatic nitrogens is 3. The number of nitrogens with zero attached hydrogens (tertiary/aromatic N) is 3. The molecule has 0 unspecified atom stereocenters. The third-order valence-electron chi connectivity index (χ3n) is 3.64. The normalized spacial score (nSPS) is 11.4. The van der Waals surface area contributed by atoms with E-state index in [1.165, 1.54) is 57.1 Å². The lowest BCUT2D eigenvalue weighted by molar-refractivity contribution is 0.497. The van der Waals surface area contributed by atoms with Crippen LogP contribution in [-0.2, 0) is 13.0 Å². The third kappa shape index (κ3) is 7.34. The number of hydrogen-bond donors (Lipinski definition) is 0. The summed E-state index contributed by atoms with van der Waals surface area (Å²) in [6.45, 7) is 7.89. The summed E-state index contributed by atoms with van der Waals surface area (Å²) in [6.07, 6.45) is 13.6. The Kier molecular flexibility index (Phi) is 8.52. The molecule has 0 saturated carbocycles. The number of unbranched alkanes of at least 4 members (excludes halogenated alkanes) is 5. The Labute approximate surface area is 118 Å². The molecule has 110 valence electrons. The van der Waals surface area contributed by atoms with E-state index in [1.807, 2.05) is 6.20 Å². The van der Waals surface area contributed by atoms with Crippen LogP contribution in [0, 0.1) is 5.92 Å². The Morgan fingerprint density at radius 2 is 1.84 bits per heavy atom. The van der Waals surface area contributed by atoms with E-state index in [4.69, 9.17) is 0 Å². The van der Waals surface area contributed by atoms with Gasteiger partial charge in [-0.25, -0.2) is 4.68 Å². The highest BCUT2D eigenvalue weighted by Gasteiger charge is 2.03. The van der Waals surface area contributed by atoms with Gasteiger partial charge in [-0.2, -0.15) is 0 Å². The Morgan fingerprint density at radius 3 is 2.58 bits per heavy atom. The van der Waals surface area contributed by atoms with Gasteiger partial charge < -0.3 is 0 Å². The van der Waals surface area contributed by atoms with Gasteiger partial charge in [0.2, 0.25) is 0 Å². The molecule has 1 aromatic rings. The van der Waals surface area contributed by atoms with Gasteiger partial charge >= 0.3 is 0 Å². The molecule has 3 heteroatoms. The molecular weight excluding hydrogens is 234 g/mol. The second-order valence-corrected chi connectivity index (χ2v) is 6.00. The van der Waals surface area contributed by atoms with Crippen LogP contribution in [0.3, 0.4) is 0 Å². The van der Waals surface area contributed by atoms with Crippen LogP contribution in [-0.4, -0.2) is 15.0 Å². The van der Waals surface area contributed by atoms with Crippen molar-refractivity contribution in [2.75, 3.05) is 0 Å². The van der Waals surface area contributed by atoms with E-state index in [0.29, 0.717) is 0 Å². The lowest BCUT2D eigenvalue weighted by Gasteiger charge is -2.07. The maximum Gasteiger partial charge on any atom is 0.0725 e. The molecule has 1 heterocycles. The Hall–Kier alpha value is -0.860. The van der Waals surface area contributed by atoms with Crippen molar-refractivity contribution < 1.29 is 0 Å². The first kappa shape index (κ1) is 16.2. The Balaban J connectivity index is 2.17. The average Bonchev–Trinajstić information content (AvgIpc) is 2.81. The summed E-state index contributed by atoms with van der Waals surface area (Å²) in [4.78, 5) is 0. The second-order valence-electron chi connectivity index (χ2n) is 6.00. The van der Waals surface area contributed by atoms with Gasteiger partial charge in [0.05, 0.1) is 11.9 Å². The summed E-state index contributed by atoms with van der Waals surface area (Å²) >= 11 is 0. The monoisotopic (exact) mass is 265 g/mol. The largest absolute Gasteiger partial charge is 0.249 e. The van der Waals surface area contributed by atoms with E-state index in [9.17, 15) is 0 Å². The molecule has 3 nitrogen and oxygen atoms in total. The average molecular weight is 265 g/mol. The lowest BCUT2D eigenvalue weighted by atomic mass is 10.0. The minimum atomic E-state index is 0.839. The molecule has 0 amide bonds. The second kappa shape index (κ2) is 9.99. The Bertz CT molecular complexity index is 318. The van der Waals surface area contributed by atoms with Gasteiger partial charge in [-0.1, -0.05) is 64.5 Å². The van der Waals surface area contributed by atoms with Gasteiger partial charge in [-0.15, -0.1) is 5.10 Å². The minimum absolute atomic E-state index is 0.839. The molecule has 0 aliphatic rings. The molecule has 19 heavy (non-hydrogen) atoms. The molecule has 0 aliphatic heterocycles. The van der Waals surface area contributed by atoms with Crippen molar-refractivity contribution in [1.29, 1.82) is 0 Å². The molecule has 0 spiro atoms. The summed E-state index contributed by atoms with van der Waals surface area (Å²) in [5.74, 6) is 0.839. The molecular formula is C16H31N3. The quantitative estimate of drug-likeness (QED) is 0.547. The van der Waals surface area contributed by atoms with Crippen LogP contribution in [0.5, 0.6) is 0 Å². The first-order chi connectivity index (χ1) is 9.24. The fourth-order valence-electron chi connectivity index (χ4n) is 2.38. The van der Waals surface area contributed by atoms with Gasteiger partial charge in [0, 0.05) is 6.54 Å². The van der Waals surface area contributed by atoms with E-state index in [2.05, 4.69) is 35.8 Å². The molecule has 0 radical (unpaired) electrons. The van der Waals surface area contributed by atoms with Crippen molar-refractivity contribution in [3.63, 3.8) is 0 Å². The van der Waals surface area contributed by atoms with E-state index in [-0.39, 0.29) is 0 Å². The van der Waals surface area contributed by atoms with E-state index >= 15 is 0 Å². The predicted octanol–water partition coefficient (Wildman–Crippen LogP) is 4.62. The van der Waals surface area contributed by atoms with Crippen molar-refractivity contribution >= 4 is 0 Å². The molecule has 0 fully saturated rings. The molecule has 0 N–H and O–H groups in total. The SMILES string of the molecule is CCCCCCn1nncc1CCCCCC(C)C. The summed E-state index contributed by atoms with van der Waals surface area (Å²) in [5.41, 5.74) is 1.32. The van der Waals surface area contributed by atoms with Crippen LogP contribution in [0.25, 0.3) is 0 Å². The summed E-state index contributed by atoms with van der Waals surface area (Å²) in [6, 6.07) is 0. The fraction of sp³-hybridized carbons (Fsp3) is 0.875. The van der Waals surface area contributed by atoms with Gasteiger partial charge in [0.15, 0.2) is 0 Å². The maximum atomic E-state index is 4.21. The first-order valence-corrected chi connectivity index (χ1v) is 8.11. The van der Waals surface area contributed by atoms with Crippen LogP contribution in [0.4, 0.5) is 0 Å². The number of aryl methyl sites for hydroxylation is 2. The number of rotatable bonds is 11. The van der Waals surface area contributed by atoms with Gasteiger partial charge in [0.1, 0.15) is 0 Å². The highest BCUT2D eigenvalue weighted by Crippen LogP contribution is 2.11. The minimum Gasteiger partial charge on any atom is -0.249 e. The summed E-state index contributed by atoms with van der Waals surface area (Å²) in [5, 5.41) is 8.27. The van der Waals surface area contributed by atoms with Crippen molar-refractivity contribution in [1.82, 2.24) is 15.0 Å². The molecule has 0 aliphatic carbocycles. The lowest BCUT2D eigenvalue weighted by Crippen LogP contribution is -2.05. The van der Waals surface area contributed by atoms with Crippen LogP contribution in [0.2, 0.25) is 0 Å². The van der Waals surface area contributed by atoms with E-state index < -0.39 is 0 Å². The van der Waals surface area contributed by atoms with Crippen LogP contribution >= 0.6 is 0 Å². The topological polar surface area (TPSA) is 30.7 Å². The van der Waals surface area contributed by atoms with Gasteiger partial charge in [-0.3, -0.25) is 0 Å². The van der Waals surface area contributed by atoms with Crippen LogP contribution < -0.4 is 0 Å². The van der Waals surface area contributed by atoms with Gasteiger partial charge in [-0.05, 0) is 25.2 Å². The molecule has 0 saturated heterocycles.